The van der Waals surface area contributed by atoms with Crippen LogP contribution in [0.3, 0.4) is 0 Å². The predicted octanol–water partition coefficient (Wildman–Crippen LogP) is 4.02. The van der Waals surface area contributed by atoms with E-state index < -0.39 is 0 Å². The maximum Gasteiger partial charge on any atom is 0.213 e. The van der Waals surface area contributed by atoms with E-state index >= 15 is 0 Å². The van der Waals surface area contributed by atoms with Gasteiger partial charge in [0.25, 0.3) is 0 Å². The maximum atomic E-state index is 5.99. The van der Waals surface area contributed by atoms with Gasteiger partial charge in [-0.25, -0.2) is 9.98 Å². The van der Waals surface area contributed by atoms with E-state index in [1.54, 1.807) is 0 Å². The molecule has 3 rings (SSSR count). The summed E-state index contributed by atoms with van der Waals surface area (Å²) in [5.41, 5.74) is 1.14. The number of nitrogens with one attached hydrogen (secondary N) is 2. The molecule has 2 aliphatic carbocycles. The van der Waals surface area contributed by atoms with Gasteiger partial charge in [0.1, 0.15) is 6.10 Å². The van der Waals surface area contributed by atoms with E-state index in [1.807, 2.05) is 18.3 Å². The van der Waals surface area contributed by atoms with Gasteiger partial charge in [-0.2, -0.15) is 0 Å². The minimum absolute atomic E-state index is 0. The average Bonchev–Trinajstić information content (AvgIpc) is 3.27. The summed E-state index contributed by atoms with van der Waals surface area (Å²) >= 11 is 0. The van der Waals surface area contributed by atoms with Crippen molar-refractivity contribution in [2.75, 3.05) is 6.54 Å². The van der Waals surface area contributed by atoms with Crippen molar-refractivity contribution in [3.8, 4) is 5.88 Å². The van der Waals surface area contributed by atoms with Crippen LogP contribution in [-0.4, -0.2) is 29.6 Å². The number of pyridine rings is 1. The number of halogens is 1. The standard InChI is InChI=1S/C19H30N4O.HI/c1-2-20-19(23-16-7-3-4-8-16)22-14-15-11-12-21-18(13-15)24-17-9-5-6-10-17;/h11-13,16-17H,2-10,14H2,1H3,(H2,20,22,23);1H. The molecule has 1 heterocycles. The maximum absolute atomic E-state index is 5.99. The van der Waals surface area contributed by atoms with Gasteiger partial charge in [-0.1, -0.05) is 12.8 Å². The fourth-order valence-electron chi connectivity index (χ4n) is 3.54. The highest BCUT2D eigenvalue weighted by molar-refractivity contribution is 14.0. The molecule has 2 N–H and O–H groups in total. The lowest BCUT2D eigenvalue weighted by molar-refractivity contribution is 0.201. The number of aromatic nitrogens is 1. The third-order valence-corrected chi connectivity index (χ3v) is 4.85. The van der Waals surface area contributed by atoms with Gasteiger partial charge in [0.2, 0.25) is 5.88 Å². The van der Waals surface area contributed by atoms with Crippen LogP contribution in [-0.2, 0) is 6.54 Å². The minimum atomic E-state index is 0. The summed E-state index contributed by atoms with van der Waals surface area (Å²) in [7, 11) is 0. The molecule has 0 unspecified atom stereocenters. The lowest BCUT2D eigenvalue weighted by Crippen LogP contribution is -2.42. The summed E-state index contributed by atoms with van der Waals surface area (Å²) in [4.78, 5) is 9.08. The Morgan fingerprint density at radius 3 is 2.64 bits per heavy atom. The van der Waals surface area contributed by atoms with Crippen LogP contribution in [0.1, 0.15) is 63.9 Å². The quantitative estimate of drug-likeness (QED) is 0.384. The van der Waals surface area contributed by atoms with Crippen molar-refractivity contribution < 1.29 is 4.74 Å². The van der Waals surface area contributed by atoms with Crippen molar-refractivity contribution in [2.24, 2.45) is 4.99 Å². The van der Waals surface area contributed by atoms with Gasteiger partial charge < -0.3 is 15.4 Å². The topological polar surface area (TPSA) is 58.5 Å². The highest BCUT2D eigenvalue weighted by Gasteiger charge is 2.17. The first-order chi connectivity index (χ1) is 11.8. The predicted molar refractivity (Wildman–Crippen MR) is 113 cm³/mol. The molecule has 0 atom stereocenters. The lowest BCUT2D eigenvalue weighted by Gasteiger charge is -2.16. The Morgan fingerprint density at radius 2 is 1.92 bits per heavy atom. The Kier molecular flexibility index (Phi) is 8.78. The van der Waals surface area contributed by atoms with Crippen LogP contribution in [0.15, 0.2) is 23.3 Å². The zero-order valence-electron chi connectivity index (χ0n) is 15.2. The van der Waals surface area contributed by atoms with Crippen molar-refractivity contribution in [3.05, 3.63) is 23.9 Å². The molecule has 0 aromatic carbocycles. The van der Waals surface area contributed by atoms with Gasteiger partial charge in [0.05, 0.1) is 6.54 Å². The van der Waals surface area contributed by atoms with E-state index in [-0.39, 0.29) is 24.0 Å². The highest BCUT2D eigenvalue weighted by atomic mass is 127. The summed E-state index contributed by atoms with van der Waals surface area (Å²) in [6, 6.07) is 4.62. The van der Waals surface area contributed by atoms with E-state index in [2.05, 4.69) is 22.5 Å². The Morgan fingerprint density at radius 1 is 1.20 bits per heavy atom. The Balaban J connectivity index is 0.00000225. The average molecular weight is 458 g/mol. The van der Waals surface area contributed by atoms with Crippen LogP contribution in [0.25, 0.3) is 0 Å². The molecule has 1 aromatic rings. The first kappa shape index (κ1) is 20.3. The van der Waals surface area contributed by atoms with Crippen LogP contribution in [0.5, 0.6) is 5.88 Å². The van der Waals surface area contributed by atoms with Gasteiger partial charge in [0.15, 0.2) is 5.96 Å². The SMILES string of the molecule is CCNC(=NCc1ccnc(OC2CCCC2)c1)NC1CCCC1.I. The molecule has 1 aromatic heterocycles. The second-order valence-electron chi connectivity index (χ2n) is 6.85. The van der Waals surface area contributed by atoms with Crippen LogP contribution in [0.2, 0.25) is 0 Å². The second kappa shape index (κ2) is 10.8. The summed E-state index contributed by atoms with van der Waals surface area (Å²) < 4.78 is 5.99. The van der Waals surface area contributed by atoms with Gasteiger partial charge >= 0.3 is 0 Å². The number of hydrogen-bond donors (Lipinski definition) is 2. The number of hydrogen-bond acceptors (Lipinski definition) is 3. The molecule has 2 fully saturated rings. The number of ether oxygens (including phenoxy) is 1. The molecule has 0 radical (unpaired) electrons. The molecule has 6 heteroatoms. The zero-order chi connectivity index (χ0) is 16.6. The number of nitrogens with zero attached hydrogens (tertiary/aromatic N) is 2. The van der Waals surface area contributed by atoms with E-state index in [0.29, 0.717) is 18.7 Å². The van der Waals surface area contributed by atoms with Gasteiger partial charge in [-0.15, -0.1) is 24.0 Å². The Hall–Kier alpha value is -1.05. The minimum Gasteiger partial charge on any atom is -0.474 e. The fraction of sp³-hybridized carbons (Fsp3) is 0.684. The fourth-order valence-corrected chi connectivity index (χ4v) is 3.54. The summed E-state index contributed by atoms with van der Waals surface area (Å²) in [5.74, 6) is 1.66. The second-order valence-corrected chi connectivity index (χ2v) is 6.85. The Bertz CT molecular complexity index is 540. The van der Waals surface area contributed by atoms with Crippen LogP contribution in [0.4, 0.5) is 0 Å². The molecule has 0 bridgehead atoms. The number of rotatable bonds is 6. The normalized spacial score (nSPS) is 18.8. The highest BCUT2D eigenvalue weighted by Crippen LogP contribution is 2.23. The third-order valence-electron chi connectivity index (χ3n) is 4.85. The molecular formula is C19H31IN4O. The van der Waals surface area contributed by atoms with Gasteiger partial charge in [0, 0.05) is 24.8 Å². The van der Waals surface area contributed by atoms with Gasteiger partial charge in [-0.05, 0) is 57.1 Å². The first-order valence-electron chi connectivity index (χ1n) is 9.50. The first-order valence-corrected chi connectivity index (χ1v) is 9.50. The summed E-state index contributed by atoms with van der Waals surface area (Å²) in [6.07, 6.45) is 12.2. The smallest absolute Gasteiger partial charge is 0.213 e. The molecule has 25 heavy (non-hydrogen) atoms. The van der Waals surface area contributed by atoms with Crippen LogP contribution in [0, 0.1) is 0 Å². The largest absolute Gasteiger partial charge is 0.474 e. The molecule has 0 spiro atoms. The van der Waals surface area contributed by atoms with Crippen molar-refractivity contribution in [3.63, 3.8) is 0 Å². The summed E-state index contributed by atoms with van der Waals surface area (Å²) in [6.45, 7) is 3.63. The van der Waals surface area contributed by atoms with Crippen LogP contribution < -0.4 is 15.4 Å². The van der Waals surface area contributed by atoms with Crippen molar-refractivity contribution >= 4 is 29.9 Å². The number of aliphatic imine (C=N–C) groups is 1. The number of guanidine groups is 1. The van der Waals surface area contributed by atoms with E-state index in [4.69, 9.17) is 9.73 Å². The molecule has 2 saturated carbocycles. The van der Waals surface area contributed by atoms with Crippen LogP contribution >= 0.6 is 24.0 Å². The lowest BCUT2D eigenvalue weighted by atomic mass is 10.2. The monoisotopic (exact) mass is 458 g/mol. The molecular weight excluding hydrogens is 427 g/mol. The van der Waals surface area contributed by atoms with Crippen molar-refractivity contribution in [1.29, 1.82) is 0 Å². The van der Waals surface area contributed by atoms with Crippen molar-refractivity contribution in [2.45, 2.75) is 77.0 Å². The van der Waals surface area contributed by atoms with Crippen molar-refractivity contribution in [1.82, 2.24) is 15.6 Å². The molecule has 0 aliphatic heterocycles. The molecule has 5 nitrogen and oxygen atoms in total. The molecule has 0 amide bonds. The van der Waals surface area contributed by atoms with Gasteiger partial charge in [-0.3, -0.25) is 0 Å². The Labute approximate surface area is 168 Å². The zero-order valence-corrected chi connectivity index (χ0v) is 17.5. The van der Waals surface area contributed by atoms with E-state index in [9.17, 15) is 0 Å². The molecule has 140 valence electrons. The molecule has 0 saturated heterocycles. The third kappa shape index (κ3) is 6.64. The van der Waals surface area contributed by atoms with E-state index in [1.165, 1.54) is 38.5 Å². The molecule has 2 aliphatic rings. The van der Waals surface area contributed by atoms with E-state index in [0.717, 1.165) is 36.8 Å². The summed E-state index contributed by atoms with van der Waals surface area (Å²) in [5, 5.41) is 6.90.